The molecule has 1 fully saturated rings. The highest BCUT2D eigenvalue weighted by Gasteiger charge is 2.21. The molecule has 1 aromatic heterocycles. The van der Waals surface area contributed by atoms with E-state index in [2.05, 4.69) is 4.98 Å². The van der Waals surface area contributed by atoms with Crippen molar-refractivity contribution in [3.05, 3.63) is 24.0 Å². The van der Waals surface area contributed by atoms with Crippen LogP contribution < -0.4 is 4.90 Å². The van der Waals surface area contributed by atoms with Crippen LogP contribution in [0.25, 0.3) is 0 Å². The highest BCUT2D eigenvalue weighted by atomic mass is 16.2. The van der Waals surface area contributed by atoms with Crippen LogP contribution in [-0.2, 0) is 4.79 Å². The minimum atomic E-state index is 0.215. The van der Waals surface area contributed by atoms with Crippen LogP contribution in [-0.4, -0.2) is 17.4 Å². The molecular weight excluding hydrogens is 164 g/mol. The Bertz CT molecular complexity index is 335. The monoisotopic (exact) mass is 176 g/mol. The number of amides is 1. The van der Waals surface area contributed by atoms with Crippen LogP contribution in [0.2, 0.25) is 0 Å². The number of anilines is 1. The standard InChI is InChI=1S/C10H12N2O/c1-8-5-9(7-11-6-8)12-4-2-3-10(12)13/h5-7H,2-4H2,1H3. The summed E-state index contributed by atoms with van der Waals surface area (Å²) in [5, 5.41) is 0. The first kappa shape index (κ1) is 8.23. The summed E-state index contributed by atoms with van der Waals surface area (Å²) in [5.41, 5.74) is 2.03. The van der Waals surface area contributed by atoms with E-state index in [-0.39, 0.29) is 5.91 Å². The Morgan fingerprint density at radius 1 is 1.46 bits per heavy atom. The fraction of sp³-hybridized carbons (Fsp3) is 0.400. The third-order valence-corrected chi connectivity index (χ3v) is 2.25. The highest BCUT2D eigenvalue weighted by Crippen LogP contribution is 2.20. The maximum atomic E-state index is 11.4. The first-order valence-electron chi connectivity index (χ1n) is 4.49. The number of hydrogen-bond donors (Lipinski definition) is 0. The van der Waals surface area contributed by atoms with Crippen molar-refractivity contribution >= 4 is 11.6 Å². The van der Waals surface area contributed by atoms with Crippen LogP contribution in [0.3, 0.4) is 0 Å². The molecule has 68 valence electrons. The zero-order chi connectivity index (χ0) is 9.26. The molecule has 0 aliphatic carbocycles. The van der Waals surface area contributed by atoms with Gasteiger partial charge in [-0.2, -0.15) is 0 Å². The van der Waals surface area contributed by atoms with Crippen LogP contribution in [0.5, 0.6) is 0 Å². The van der Waals surface area contributed by atoms with Crippen molar-refractivity contribution in [1.29, 1.82) is 0 Å². The Hall–Kier alpha value is -1.38. The lowest BCUT2D eigenvalue weighted by molar-refractivity contribution is -0.117. The molecule has 0 bridgehead atoms. The van der Waals surface area contributed by atoms with Crippen LogP contribution in [0, 0.1) is 6.92 Å². The predicted molar refractivity (Wildman–Crippen MR) is 50.6 cm³/mol. The van der Waals surface area contributed by atoms with E-state index < -0.39 is 0 Å². The number of hydrogen-bond acceptors (Lipinski definition) is 2. The third-order valence-electron chi connectivity index (χ3n) is 2.25. The lowest BCUT2D eigenvalue weighted by atomic mass is 10.3. The van der Waals surface area contributed by atoms with Crippen LogP contribution in [0.1, 0.15) is 18.4 Å². The van der Waals surface area contributed by atoms with Gasteiger partial charge in [0.1, 0.15) is 0 Å². The van der Waals surface area contributed by atoms with Crippen molar-refractivity contribution in [3.63, 3.8) is 0 Å². The molecule has 0 radical (unpaired) electrons. The molecule has 0 saturated carbocycles. The van der Waals surface area contributed by atoms with E-state index in [9.17, 15) is 4.79 Å². The Morgan fingerprint density at radius 2 is 2.31 bits per heavy atom. The molecule has 1 aliphatic rings. The summed E-state index contributed by atoms with van der Waals surface area (Å²) in [6.45, 7) is 2.82. The molecule has 2 rings (SSSR count). The SMILES string of the molecule is Cc1cncc(N2CCCC2=O)c1. The highest BCUT2D eigenvalue weighted by molar-refractivity contribution is 5.95. The average Bonchev–Trinajstić information content (AvgIpc) is 2.51. The van der Waals surface area contributed by atoms with Gasteiger partial charge in [-0.1, -0.05) is 0 Å². The van der Waals surface area contributed by atoms with E-state index in [1.807, 2.05) is 13.0 Å². The van der Waals surface area contributed by atoms with Gasteiger partial charge < -0.3 is 4.90 Å². The fourth-order valence-electron chi connectivity index (χ4n) is 1.61. The van der Waals surface area contributed by atoms with E-state index in [0.29, 0.717) is 6.42 Å². The Balaban J connectivity index is 2.29. The van der Waals surface area contributed by atoms with Gasteiger partial charge in [-0.25, -0.2) is 0 Å². The van der Waals surface area contributed by atoms with Crippen molar-refractivity contribution in [1.82, 2.24) is 4.98 Å². The van der Waals surface area contributed by atoms with Gasteiger partial charge in [0.15, 0.2) is 0 Å². The summed E-state index contributed by atoms with van der Waals surface area (Å²) in [6.07, 6.45) is 5.18. The number of aromatic nitrogens is 1. The van der Waals surface area contributed by atoms with Gasteiger partial charge in [-0.3, -0.25) is 9.78 Å². The molecule has 1 aromatic rings. The molecule has 2 heterocycles. The molecule has 0 atom stereocenters. The number of pyridine rings is 1. The van der Waals surface area contributed by atoms with E-state index in [1.54, 1.807) is 17.3 Å². The van der Waals surface area contributed by atoms with Crippen molar-refractivity contribution in [3.8, 4) is 0 Å². The number of rotatable bonds is 1. The fourth-order valence-corrected chi connectivity index (χ4v) is 1.61. The van der Waals surface area contributed by atoms with Crippen LogP contribution in [0.4, 0.5) is 5.69 Å². The van der Waals surface area contributed by atoms with Gasteiger partial charge >= 0.3 is 0 Å². The minimum Gasteiger partial charge on any atom is -0.311 e. The average molecular weight is 176 g/mol. The molecular formula is C10H12N2O. The Morgan fingerprint density at radius 3 is 2.92 bits per heavy atom. The van der Waals surface area contributed by atoms with Gasteiger partial charge in [0.2, 0.25) is 5.91 Å². The Labute approximate surface area is 77.4 Å². The molecule has 0 aromatic carbocycles. The molecule has 0 unspecified atom stereocenters. The summed E-state index contributed by atoms with van der Waals surface area (Å²) in [7, 11) is 0. The molecule has 3 heteroatoms. The van der Waals surface area contributed by atoms with Crippen molar-refractivity contribution in [2.75, 3.05) is 11.4 Å². The second kappa shape index (κ2) is 3.17. The third kappa shape index (κ3) is 1.54. The first-order chi connectivity index (χ1) is 6.27. The van der Waals surface area contributed by atoms with Gasteiger partial charge in [-0.05, 0) is 25.0 Å². The van der Waals surface area contributed by atoms with Gasteiger partial charge in [-0.15, -0.1) is 0 Å². The van der Waals surface area contributed by atoms with Gasteiger partial charge in [0.25, 0.3) is 0 Å². The largest absolute Gasteiger partial charge is 0.311 e. The van der Waals surface area contributed by atoms with Crippen LogP contribution in [0.15, 0.2) is 18.5 Å². The maximum absolute atomic E-state index is 11.4. The lowest BCUT2D eigenvalue weighted by Gasteiger charge is -2.14. The summed E-state index contributed by atoms with van der Waals surface area (Å²) in [4.78, 5) is 17.3. The second-order valence-corrected chi connectivity index (χ2v) is 3.37. The topological polar surface area (TPSA) is 33.2 Å². The molecule has 1 aliphatic heterocycles. The molecule has 1 amide bonds. The zero-order valence-corrected chi connectivity index (χ0v) is 7.66. The van der Waals surface area contributed by atoms with Gasteiger partial charge in [0.05, 0.1) is 11.9 Å². The number of carbonyl (C=O) groups excluding carboxylic acids is 1. The normalized spacial score (nSPS) is 16.7. The second-order valence-electron chi connectivity index (χ2n) is 3.37. The van der Waals surface area contributed by atoms with E-state index in [4.69, 9.17) is 0 Å². The number of nitrogens with zero attached hydrogens (tertiary/aromatic N) is 2. The molecule has 0 N–H and O–H groups in total. The summed E-state index contributed by atoms with van der Waals surface area (Å²) in [6, 6.07) is 2.00. The first-order valence-corrected chi connectivity index (χ1v) is 4.49. The quantitative estimate of drug-likeness (QED) is 0.650. The Kier molecular flexibility index (Phi) is 2.00. The maximum Gasteiger partial charge on any atom is 0.227 e. The van der Waals surface area contributed by atoms with E-state index >= 15 is 0 Å². The molecule has 1 saturated heterocycles. The van der Waals surface area contributed by atoms with E-state index in [0.717, 1.165) is 24.2 Å². The molecule has 0 spiro atoms. The molecule has 3 nitrogen and oxygen atoms in total. The lowest BCUT2D eigenvalue weighted by Crippen LogP contribution is -2.23. The zero-order valence-electron chi connectivity index (χ0n) is 7.66. The number of carbonyl (C=O) groups is 1. The van der Waals surface area contributed by atoms with E-state index in [1.165, 1.54) is 0 Å². The number of aryl methyl sites for hydroxylation is 1. The van der Waals surface area contributed by atoms with Crippen molar-refractivity contribution < 1.29 is 4.79 Å². The van der Waals surface area contributed by atoms with Gasteiger partial charge in [0, 0.05) is 19.2 Å². The molecule has 13 heavy (non-hydrogen) atoms. The predicted octanol–water partition coefficient (Wildman–Crippen LogP) is 1.52. The minimum absolute atomic E-state index is 0.215. The van der Waals surface area contributed by atoms with Crippen molar-refractivity contribution in [2.45, 2.75) is 19.8 Å². The summed E-state index contributed by atoms with van der Waals surface area (Å²) in [5.74, 6) is 0.215. The summed E-state index contributed by atoms with van der Waals surface area (Å²) >= 11 is 0. The smallest absolute Gasteiger partial charge is 0.227 e. The van der Waals surface area contributed by atoms with Crippen LogP contribution >= 0.6 is 0 Å². The van der Waals surface area contributed by atoms with Crippen molar-refractivity contribution in [2.24, 2.45) is 0 Å². The summed E-state index contributed by atoms with van der Waals surface area (Å²) < 4.78 is 0.